The number of aryl methyl sites for hydroxylation is 1. The molecule has 0 fully saturated rings. The van der Waals surface area contributed by atoms with Gasteiger partial charge in [-0.3, -0.25) is 14.4 Å². The Morgan fingerprint density at radius 3 is 2.85 bits per heavy atom. The van der Waals surface area contributed by atoms with Crippen molar-refractivity contribution in [2.75, 3.05) is 10.6 Å². The summed E-state index contributed by atoms with van der Waals surface area (Å²) in [5.41, 5.74) is 2.21. The van der Waals surface area contributed by atoms with Gasteiger partial charge in [0.1, 0.15) is 5.92 Å². The summed E-state index contributed by atoms with van der Waals surface area (Å²) < 4.78 is 0.940. The number of allylic oxidation sites excluding steroid dienone is 1. The maximum Gasteiger partial charge on any atom is 0.262 e. The fourth-order valence-electron chi connectivity index (χ4n) is 2.39. The van der Waals surface area contributed by atoms with Crippen molar-refractivity contribution < 1.29 is 14.4 Å². The maximum atomic E-state index is 12.2. The van der Waals surface area contributed by atoms with Gasteiger partial charge in [-0.25, -0.2) is 9.98 Å². The average Bonchev–Trinajstić information content (AvgIpc) is 3.04. The highest BCUT2D eigenvalue weighted by molar-refractivity contribution is 9.10. The molecule has 0 saturated heterocycles. The van der Waals surface area contributed by atoms with Crippen LogP contribution in [0.15, 0.2) is 45.2 Å². The van der Waals surface area contributed by atoms with Crippen LogP contribution in [0.25, 0.3) is 0 Å². The Hall–Kier alpha value is -2.65. The zero-order chi connectivity index (χ0) is 19.4. The minimum Gasteiger partial charge on any atom is -0.326 e. The molecule has 0 bridgehead atoms. The van der Waals surface area contributed by atoms with Crippen molar-refractivity contribution in [1.29, 1.82) is 0 Å². The number of halogens is 1. The Morgan fingerprint density at radius 1 is 1.30 bits per heavy atom. The summed E-state index contributed by atoms with van der Waals surface area (Å²) in [6.07, 6.45) is 4.45. The molecule has 3 rings (SSSR count). The van der Waals surface area contributed by atoms with Crippen molar-refractivity contribution in [3.63, 3.8) is 0 Å². The molecule has 27 heavy (non-hydrogen) atoms. The summed E-state index contributed by atoms with van der Waals surface area (Å²) in [5, 5.41) is 7.45. The first kappa shape index (κ1) is 19.1. The van der Waals surface area contributed by atoms with Gasteiger partial charge in [-0.1, -0.05) is 22.0 Å². The lowest BCUT2D eigenvalue weighted by Gasteiger charge is -2.09. The molecule has 2 N–H and O–H groups in total. The Morgan fingerprint density at radius 2 is 2.11 bits per heavy atom. The average molecular weight is 447 g/mol. The van der Waals surface area contributed by atoms with Gasteiger partial charge in [-0.05, 0) is 36.8 Å². The molecule has 1 unspecified atom stereocenters. The Bertz CT molecular complexity index is 967. The van der Waals surface area contributed by atoms with Crippen molar-refractivity contribution in [3.05, 3.63) is 51.5 Å². The Labute approximate surface area is 167 Å². The quantitative estimate of drug-likeness (QED) is 0.688. The molecule has 0 saturated carbocycles. The van der Waals surface area contributed by atoms with Crippen LogP contribution in [0.4, 0.5) is 10.8 Å². The third-order valence-corrected chi connectivity index (χ3v) is 5.03. The molecule has 1 aromatic heterocycles. The molecule has 1 atom stereocenters. The predicted octanol–water partition coefficient (Wildman–Crippen LogP) is 3.12. The summed E-state index contributed by atoms with van der Waals surface area (Å²) in [6.45, 7) is 1.90. The monoisotopic (exact) mass is 446 g/mol. The topological polar surface area (TPSA) is 101 Å². The first-order chi connectivity index (χ1) is 12.9. The van der Waals surface area contributed by atoms with E-state index in [2.05, 4.69) is 36.5 Å². The van der Waals surface area contributed by atoms with Crippen molar-refractivity contribution in [1.82, 2.24) is 4.98 Å². The number of carbonyl (C=O) groups excluding carboxylic acids is 3. The van der Waals surface area contributed by atoms with Gasteiger partial charge < -0.3 is 10.6 Å². The number of rotatable bonds is 5. The lowest BCUT2D eigenvalue weighted by Crippen LogP contribution is -2.28. The van der Waals surface area contributed by atoms with Crippen LogP contribution in [0.2, 0.25) is 0 Å². The van der Waals surface area contributed by atoms with Crippen LogP contribution in [0.1, 0.15) is 11.3 Å². The fraction of sp³-hybridized carbons (Fsp3) is 0.167. The number of aromatic nitrogens is 1. The molecular formula is C18H15BrN4O3S. The van der Waals surface area contributed by atoms with Crippen molar-refractivity contribution >= 4 is 62.0 Å². The smallest absolute Gasteiger partial charge is 0.262 e. The second kappa shape index (κ2) is 8.36. The molecule has 3 amide bonds. The number of benzene rings is 1. The van der Waals surface area contributed by atoms with E-state index in [1.807, 2.05) is 25.1 Å². The minimum atomic E-state index is -0.953. The molecule has 1 aliphatic heterocycles. The van der Waals surface area contributed by atoms with E-state index in [1.165, 1.54) is 23.6 Å². The zero-order valence-corrected chi connectivity index (χ0v) is 16.6. The van der Waals surface area contributed by atoms with Crippen molar-refractivity contribution in [2.24, 2.45) is 10.9 Å². The van der Waals surface area contributed by atoms with E-state index in [9.17, 15) is 14.4 Å². The summed E-state index contributed by atoms with van der Waals surface area (Å²) >= 11 is 4.58. The summed E-state index contributed by atoms with van der Waals surface area (Å²) in [7, 11) is 0. The molecule has 0 aliphatic carbocycles. The van der Waals surface area contributed by atoms with E-state index in [4.69, 9.17) is 0 Å². The molecule has 2 heterocycles. The van der Waals surface area contributed by atoms with E-state index >= 15 is 0 Å². The highest BCUT2D eigenvalue weighted by Crippen LogP contribution is 2.21. The summed E-state index contributed by atoms with van der Waals surface area (Å²) in [4.78, 5) is 43.8. The first-order valence-electron chi connectivity index (χ1n) is 7.98. The number of anilines is 2. The van der Waals surface area contributed by atoms with Crippen LogP contribution < -0.4 is 10.6 Å². The lowest BCUT2D eigenvalue weighted by molar-refractivity contribution is -0.128. The number of amides is 3. The number of hydrogen-bond donors (Lipinski definition) is 2. The third kappa shape index (κ3) is 4.95. The maximum absolute atomic E-state index is 12.2. The highest BCUT2D eigenvalue weighted by atomic mass is 79.9. The van der Waals surface area contributed by atoms with E-state index < -0.39 is 17.7 Å². The number of nitrogens with one attached hydrogen (secondary N) is 2. The van der Waals surface area contributed by atoms with Gasteiger partial charge in [0.15, 0.2) is 5.13 Å². The summed E-state index contributed by atoms with van der Waals surface area (Å²) in [6, 6.07) is 5.59. The molecule has 1 aliphatic rings. The molecule has 0 spiro atoms. The van der Waals surface area contributed by atoms with Crippen LogP contribution in [-0.4, -0.2) is 28.9 Å². The zero-order valence-electron chi connectivity index (χ0n) is 14.2. The Kier molecular flexibility index (Phi) is 5.92. The second-order valence-corrected chi connectivity index (χ2v) is 7.57. The number of carbonyl (C=O) groups is 3. The van der Waals surface area contributed by atoms with Gasteiger partial charge in [0, 0.05) is 21.8 Å². The van der Waals surface area contributed by atoms with E-state index in [0.29, 0.717) is 10.8 Å². The van der Waals surface area contributed by atoms with Gasteiger partial charge in [-0.2, -0.15) is 0 Å². The lowest BCUT2D eigenvalue weighted by atomic mass is 10.1. The number of nitrogens with zero attached hydrogens (tertiary/aromatic N) is 2. The van der Waals surface area contributed by atoms with Crippen LogP contribution in [0, 0.1) is 12.8 Å². The third-order valence-electron chi connectivity index (χ3n) is 3.73. The van der Waals surface area contributed by atoms with Crippen molar-refractivity contribution in [2.45, 2.75) is 13.3 Å². The van der Waals surface area contributed by atoms with Gasteiger partial charge in [0.2, 0.25) is 11.8 Å². The van der Waals surface area contributed by atoms with Crippen LogP contribution >= 0.6 is 27.3 Å². The second-order valence-electron chi connectivity index (χ2n) is 5.80. The van der Waals surface area contributed by atoms with E-state index in [0.717, 1.165) is 15.7 Å². The van der Waals surface area contributed by atoms with Gasteiger partial charge in [0.05, 0.1) is 12.1 Å². The van der Waals surface area contributed by atoms with E-state index in [1.54, 1.807) is 11.5 Å². The standard InChI is InChI=1S/C18H15BrN4O3S/c1-10-7-11(19)4-5-14(10)22-15(24)8-12-9-27-18(21-12)23-17(26)13-3-2-6-20-16(13)25/h2-7,9,13H,8H2,1H3,(H,22,24)(H,21,23,26). The SMILES string of the molecule is Cc1cc(Br)ccc1NC(=O)Cc1csc(NC(=O)C2C=CC=NC2=O)n1. The predicted molar refractivity (Wildman–Crippen MR) is 108 cm³/mol. The van der Waals surface area contributed by atoms with Gasteiger partial charge in [0.25, 0.3) is 5.91 Å². The van der Waals surface area contributed by atoms with Crippen LogP contribution in [0.5, 0.6) is 0 Å². The van der Waals surface area contributed by atoms with E-state index in [-0.39, 0.29) is 12.3 Å². The van der Waals surface area contributed by atoms with Crippen molar-refractivity contribution in [3.8, 4) is 0 Å². The number of hydrogen-bond acceptors (Lipinski definition) is 5. The molecular weight excluding hydrogens is 432 g/mol. The normalized spacial score (nSPS) is 15.6. The molecule has 1 aromatic carbocycles. The fourth-order valence-corrected chi connectivity index (χ4v) is 3.58. The highest BCUT2D eigenvalue weighted by Gasteiger charge is 2.25. The van der Waals surface area contributed by atoms with Crippen LogP contribution in [0.3, 0.4) is 0 Å². The van der Waals surface area contributed by atoms with Crippen LogP contribution in [-0.2, 0) is 20.8 Å². The molecule has 7 nitrogen and oxygen atoms in total. The first-order valence-corrected chi connectivity index (χ1v) is 9.65. The minimum absolute atomic E-state index is 0.0778. The molecule has 0 radical (unpaired) electrons. The van der Waals surface area contributed by atoms with Gasteiger partial charge >= 0.3 is 0 Å². The molecule has 9 heteroatoms. The van der Waals surface area contributed by atoms with Gasteiger partial charge in [-0.15, -0.1) is 11.3 Å². The summed E-state index contributed by atoms with van der Waals surface area (Å²) in [5.74, 6) is -2.17. The number of thiazole rings is 1. The Balaban J connectivity index is 1.58. The largest absolute Gasteiger partial charge is 0.326 e. The molecule has 138 valence electrons. The number of dihydropyridines is 1. The number of aliphatic imine (C=N–C) groups is 1. The molecule has 2 aromatic rings.